The van der Waals surface area contributed by atoms with Crippen molar-refractivity contribution >= 4 is 45.0 Å². The van der Waals surface area contributed by atoms with Gasteiger partial charge in [-0.05, 0) is 66.1 Å². The molecule has 1 aliphatic carbocycles. The average Bonchev–Trinajstić information content (AvgIpc) is 3.46. The minimum absolute atomic E-state index is 0.131. The topological polar surface area (TPSA) is 82.1 Å². The predicted molar refractivity (Wildman–Crippen MR) is 137 cm³/mol. The van der Waals surface area contributed by atoms with E-state index in [2.05, 4.69) is 15.9 Å². The maximum absolute atomic E-state index is 14.0. The number of anilines is 1. The van der Waals surface area contributed by atoms with Crippen LogP contribution in [0.4, 0.5) is 5.69 Å². The molecule has 3 heterocycles. The highest BCUT2D eigenvalue weighted by Crippen LogP contribution is 2.55. The number of amides is 2. The van der Waals surface area contributed by atoms with E-state index in [1.54, 1.807) is 24.3 Å². The summed E-state index contributed by atoms with van der Waals surface area (Å²) in [6.07, 6.45) is 1.97. The fourth-order valence-corrected chi connectivity index (χ4v) is 6.22. The Morgan fingerprint density at radius 3 is 2.41 bits per heavy atom. The zero-order valence-corrected chi connectivity index (χ0v) is 21.2. The van der Waals surface area contributed by atoms with E-state index >= 15 is 0 Å². The molecule has 0 unspecified atom stereocenters. The van der Waals surface area contributed by atoms with E-state index < -0.39 is 35.5 Å². The molecular weight excluding hydrogens is 538 g/mol. The van der Waals surface area contributed by atoms with Crippen LogP contribution in [0.3, 0.4) is 0 Å². The van der Waals surface area contributed by atoms with Crippen LogP contribution in [-0.2, 0) is 14.4 Å². The monoisotopic (exact) mass is 557 g/mol. The molecule has 4 aliphatic rings. The van der Waals surface area contributed by atoms with Crippen LogP contribution in [0, 0.1) is 24.7 Å². The van der Waals surface area contributed by atoms with Crippen molar-refractivity contribution in [3.05, 3.63) is 87.9 Å². The highest BCUT2D eigenvalue weighted by molar-refractivity contribution is 9.10. The molecule has 3 aromatic rings. The molecule has 3 aliphatic heterocycles. The van der Waals surface area contributed by atoms with Crippen LogP contribution in [0.25, 0.3) is 5.57 Å². The van der Waals surface area contributed by atoms with Crippen LogP contribution in [0.2, 0.25) is 0 Å². The van der Waals surface area contributed by atoms with Crippen molar-refractivity contribution in [2.45, 2.75) is 12.8 Å². The first-order valence-electron chi connectivity index (χ1n) is 12.0. The van der Waals surface area contributed by atoms with E-state index in [4.69, 9.17) is 14.2 Å². The molecular formula is C29H20BrNO6. The zero-order valence-electron chi connectivity index (χ0n) is 19.6. The molecule has 1 saturated heterocycles. The average molecular weight is 558 g/mol. The molecule has 37 heavy (non-hydrogen) atoms. The quantitative estimate of drug-likeness (QED) is 0.250. The second-order valence-electron chi connectivity index (χ2n) is 9.70. The van der Waals surface area contributed by atoms with E-state index in [9.17, 15) is 14.4 Å². The van der Waals surface area contributed by atoms with Gasteiger partial charge in [0.25, 0.3) is 0 Å². The Kier molecular flexibility index (Phi) is 4.85. The Morgan fingerprint density at radius 1 is 0.838 bits per heavy atom. The Morgan fingerprint density at radius 2 is 1.59 bits per heavy atom. The van der Waals surface area contributed by atoms with Crippen LogP contribution in [0.5, 0.6) is 17.2 Å². The number of halogens is 1. The van der Waals surface area contributed by atoms with Crippen molar-refractivity contribution in [1.29, 1.82) is 0 Å². The van der Waals surface area contributed by atoms with E-state index in [0.29, 0.717) is 28.5 Å². The summed E-state index contributed by atoms with van der Waals surface area (Å²) < 4.78 is 17.6. The fraction of sp³-hybridized carbons (Fsp3) is 0.207. The minimum atomic E-state index is -0.895. The Hall–Kier alpha value is -3.91. The number of carbonyl (C=O) groups is 3. The number of benzene rings is 3. The largest absolute Gasteiger partial charge is 0.454 e. The SMILES string of the molecule is Cc1ccc2c(c1)OC(=O)[C@@H]1C2=C[C@H](c2ccc3c(c2)OCO3)[C@@H]2C(=O)N(c3ccc(Br)cc3)C(=O)[C@H]12. The summed E-state index contributed by atoms with van der Waals surface area (Å²) in [7, 11) is 0. The van der Waals surface area contributed by atoms with E-state index in [1.807, 2.05) is 49.4 Å². The van der Waals surface area contributed by atoms with Crippen molar-refractivity contribution in [1.82, 2.24) is 0 Å². The molecule has 3 aromatic carbocycles. The first kappa shape index (κ1) is 22.3. The number of allylic oxidation sites excluding steroid dienone is 1. The summed E-state index contributed by atoms with van der Waals surface area (Å²) in [6, 6.07) is 18.3. The van der Waals surface area contributed by atoms with Crippen LogP contribution in [-0.4, -0.2) is 24.6 Å². The number of rotatable bonds is 2. The predicted octanol–water partition coefficient (Wildman–Crippen LogP) is 5.01. The lowest BCUT2D eigenvalue weighted by atomic mass is 9.64. The minimum Gasteiger partial charge on any atom is -0.454 e. The van der Waals surface area contributed by atoms with Gasteiger partial charge in [0.15, 0.2) is 11.5 Å². The standard InChI is InChI=1S/C29H20BrNO6/c1-14-2-8-18-20-12-19(15-3-9-21-23(11-15)36-13-35-21)24-26(25(20)29(34)37-22(18)10-14)28(33)31(27(24)32)17-6-4-16(30)5-7-17/h2-12,19,24-26H,13H2,1H3/t19-,24+,25-,26+/m1/s1. The van der Waals surface area contributed by atoms with E-state index in [0.717, 1.165) is 21.2 Å². The van der Waals surface area contributed by atoms with Gasteiger partial charge in [0.05, 0.1) is 23.4 Å². The number of aryl methyl sites for hydroxylation is 1. The summed E-state index contributed by atoms with van der Waals surface area (Å²) in [6.45, 7) is 2.06. The van der Waals surface area contributed by atoms with Crippen molar-refractivity contribution in [2.75, 3.05) is 11.7 Å². The fourth-order valence-electron chi connectivity index (χ4n) is 5.96. The second-order valence-corrected chi connectivity index (χ2v) is 10.6. The van der Waals surface area contributed by atoms with Crippen molar-refractivity contribution in [2.24, 2.45) is 17.8 Å². The summed E-state index contributed by atoms with van der Waals surface area (Å²) in [4.78, 5) is 42.6. The number of hydrogen-bond acceptors (Lipinski definition) is 6. The molecule has 7 rings (SSSR count). The van der Waals surface area contributed by atoms with Crippen LogP contribution < -0.4 is 19.1 Å². The van der Waals surface area contributed by atoms with E-state index in [-0.39, 0.29) is 12.7 Å². The molecule has 0 spiro atoms. The lowest BCUT2D eigenvalue weighted by Crippen LogP contribution is -2.42. The number of fused-ring (bicyclic) bond motifs is 6. The third-order valence-corrected chi connectivity index (χ3v) is 8.15. The van der Waals surface area contributed by atoms with Gasteiger partial charge in [0.1, 0.15) is 5.75 Å². The molecule has 0 aromatic heterocycles. The van der Waals surface area contributed by atoms with Gasteiger partial charge in [0, 0.05) is 16.0 Å². The summed E-state index contributed by atoms with van der Waals surface area (Å²) in [5.41, 5.74) is 3.73. The Balaban J connectivity index is 1.42. The smallest absolute Gasteiger partial charge is 0.319 e. The molecule has 4 atom stereocenters. The van der Waals surface area contributed by atoms with Crippen molar-refractivity contribution in [3.63, 3.8) is 0 Å². The number of esters is 1. The Bertz CT molecular complexity index is 1540. The van der Waals surface area contributed by atoms with Gasteiger partial charge in [-0.2, -0.15) is 0 Å². The molecule has 0 bridgehead atoms. The zero-order chi connectivity index (χ0) is 25.4. The van der Waals surface area contributed by atoms with Crippen LogP contribution in [0.1, 0.15) is 22.6 Å². The van der Waals surface area contributed by atoms with Crippen LogP contribution in [0.15, 0.2) is 71.2 Å². The van der Waals surface area contributed by atoms with Gasteiger partial charge in [-0.1, -0.05) is 40.2 Å². The van der Waals surface area contributed by atoms with Gasteiger partial charge in [-0.15, -0.1) is 0 Å². The second kappa shape index (κ2) is 8.05. The summed E-state index contributed by atoms with van der Waals surface area (Å²) >= 11 is 3.40. The lowest BCUT2D eigenvalue weighted by Gasteiger charge is -2.38. The van der Waals surface area contributed by atoms with Gasteiger partial charge in [-0.3, -0.25) is 14.4 Å². The normalized spacial score (nSPS) is 25.3. The van der Waals surface area contributed by atoms with Gasteiger partial charge < -0.3 is 14.2 Å². The van der Waals surface area contributed by atoms with Gasteiger partial charge >= 0.3 is 5.97 Å². The molecule has 2 amide bonds. The van der Waals surface area contributed by atoms with Crippen LogP contribution >= 0.6 is 15.9 Å². The van der Waals surface area contributed by atoms with Gasteiger partial charge in [-0.25, -0.2) is 4.90 Å². The van der Waals surface area contributed by atoms with E-state index in [1.165, 1.54) is 4.90 Å². The summed E-state index contributed by atoms with van der Waals surface area (Å²) in [5, 5.41) is 0. The number of carbonyl (C=O) groups excluding carboxylic acids is 3. The molecule has 0 saturated carbocycles. The van der Waals surface area contributed by atoms with Gasteiger partial charge in [0.2, 0.25) is 18.6 Å². The molecule has 0 N–H and O–H groups in total. The van der Waals surface area contributed by atoms with Crippen molar-refractivity contribution in [3.8, 4) is 17.2 Å². The maximum atomic E-state index is 14.0. The number of nitrogens with zero attached hydrogens (tertiary/aromatic N) is 1. The number of imide groups is 1. The molecule has 7 nitrogen and oxygen atoms in total. The maximum Gasteiger partial charge on any atom is 0.319 e. The highest BCUT2D eigenvalue weighted by atomic mass is 79.9. The Labute approximate surface area is 220 Å². The lowest BCUT2D eigenvalue weighted by molar-refractivity contribution is -0.142. The first-order chi connectivity index (χ1) is 17.9. The highest BCUT2D eigenvalue weighted by Gasteiger charge is 2.60. The molecule has 184 valence electrons. The van der Waals surface area contributed by atoms with Crippen molar-refractivity contribution < 1.29 is 28.6 Å². The molecule has 8 heteroatoms. The first-order valence-corrected chi connectivity index (χ1v) is 12.8. The number of hydrogen-bond donors (Lipinski definition) is 0. The number of ether oxygens (including phenoxy) is 3. The molecule has 1 fully saturated rings. The summed E-state index contributed by atoms with van der Waals surface area (Å²) in [5.74, 6) is -2.55. The third kappa shape index (κ3) is 3.28. The molecule has 0 radical (unpaired) electrons. The third-order valence-electron chi connectivity index (χ3n) is 7.62.